The van der Waals surface area contributed by atoms with Gasteiger partial charge in [-0.2, -0.15) is 0 Å². The minimum atomic E-state index is -0.919. The number of methoxy groups -OCH3 is 2. The molecule has 1 atom stereocenters. The van der Waals surface area contributed by atoms with Crippen LogP contribution in [0.1, 0.15) is 22.7 Å². The quantitative estimate of drug-likeness (QED) is 0.476. The highest BCUT2D eigenvalue weighted by molar-refractivity contribution is 8.00. The molecule has 3 aromatic rings. The number of nitrogens with zero attached hydrogens (tertiary/aromatic N) is 1. The summed E-state index contributed by atoms with van der Waals surface area (Å²) in [7, 11) is 3.19. The number of fused-ring (bicyclic) bond motifs is 1. The number of hydrogen-bond acceptors (Lipinski definition) is 4. The molecule has 3 aromatic carbocycles. The summed E-state index contributed by atoms with van der Waals surface area (Å²) in [5, 5.41) is 0. The maximum atomic E-state index is 13.5. The van der Waals surface area contributed by atoms with E-state index in [4.69, 9.17) is 9.47 Å². The maximum absolute atomic E-state index is 13.5. The van der Waals surface area contributed by atoms with E-state index < -0.39 is 11.6 Å². The van der Waals surface area contributed by atoms with Crippen LogP contribution >= 0.6 is 11.8 Å². The number of amides is 1. The van der Waals surface area contributed by atoms with E-state index in [1.807, 2.05) is 47.4 Å². The lowest BCUT2D eigenvalue weighted by atomic mass is 9.87. The summed E-state index contributed by atoms with van der Waals surface area (Å²) in [6.45, 7) is 0.541. The number of halogens is 2. The molecule has 4 nitrogen and oxygen atoms in total. The molecule has 0 fully saturated rings. The van der Waals surface area contributed by atoms with Crippen molar-refractivity contribution in [3.63, 3.8) is 0 Å². The third-order valence-electron chi connectivity index (χ3n) is 5.56. The first-order valence-electron chi connectivity index (χ1n) is 10.2. The standard InChI is InChI=1S/C25H23F2NO3S/c1-30-22-12-17-10-11-28(24(29)15-32-18-8-9-20(26)21(27)13-18)25(16-6-4-3-5-7-16)19(17)14-23(22)31-2/h3-9,12-14,25H,10-11,15H2,1-2H3. The van der Waals surface area contributed by atoms with Gasteiger partial charge in [0.15, 0.2) is 23.1 Å². The van der Waals surface area contributed by atoms with Crippen LogP contribution in [0.5, 0.6) is 11.5 Å². The Bertz CT molecular complexity index is 1120. The number of rotatable bonds is 6. The summed E-state index contributed by atoms with van der Waals surface area (Å²) < 4.78 is 37.7. The van der Waals surface area contributed by atoms with Crippen molar-refractivity contribution in [1.29, 1.82) is 0 Å². The number of ether oxygens (including phenoxy) is 2. The Morgan fingerprint density at radius 1 is 1.00 bits per heavy atom. The second kappa shape index (κ2) is 9.61. The predicted octanol–water partition coefficient (Wildman–Crippen LogP) is 5.25. The van der Waals surface area contributed by atoms with E-state index in [0.717, 1.165) is 28.8 Å². The van der Waals surface area contributed by atoms with Gasteiger partial charge < -0.3 is 14.4 Å². The average molecular weight is 456 g/mol. The molecule has 0 radical (unpaired) electrons. The monoisotopic (exact) mass is 455 g/mol. The van der Waals surface area contributed by atoms with Gasteiger partial charge in [0.1, 0.15) is 0 Å². The van der Waals surface area contributed by atoms with E-state index >= 15 is 0 Å². The Kier molecular flexibility index (Phi) is 6.65. The Morgan fingerprint density at radius 3 is 2.41 bits per heavy atom. The molecule has 0 bridgehead atoms. The van der Waals surface area contributed by atoms with Crippen molar-refractivity contribution in [3.8, 4) is 11.5 Å². The molecule has 1 heterocycles. The van der Waals surface area contributed by atoms with Crippen molar-refractivity contribution >= 4 is 17.7 Å². The van der Waals surface area contributed by atoms with Gasteiger partial charge in [-0.1, -0.05) is 30.3 Å². The molecule has 7 heteroatoms. The third-order valence-corrected chi connectivity index (χ3v) is 6.54. The van der Waals surface area contributed by atoms with Crippen LogP contribution in [0.25, 0.3) is 0 Å². The molecule has 4 rings (SSSR count). The van der Waals surface area contributed by atoms with Gasteiger partial charge in [0, 0.05) is 11.4 Å². The zero-order chi connectivity index (χ0) is 22.7. The molecule has 1 aliphatic rings. The van der Waals surface area contributed by atoms with E-state index in [0.29, 0.717) is 29.4 Å². The van der Waals surface area contributed by atoms with Gasteiger partial charge in [-0.3, -0.25) is 4.79 Å². The molecule has 0 aliphatic carbocycles. The van der Waals surface area contributed by atoms with Crippen molar-refractivity contribution in [2.45, 2.75) is 17.4 Å². The fourth-order valence-corrected chi connectivity index (χ4v) is 4.81. The third kappa shape index (κ3) is 4.43. The van der Waals surface area contributed by atoms with Crippen molar-refractivity contribution in [1.82, 2.24) is 4.90 Å². The van der Waals surface area contributed by atoms with Gasteiger partial charge in [0.2, 0.25) is 5.91 Å². The van der Waals surface area contributed by atoms with Crippen molar-refractivity contribution in [3.05, 3.63) is 89.0 Å². The molecule has 1 amide bonds. The Hall–Kier alpha value is -3.06. The van der Waals surface area contributed by atoms with Crippen LogP contribution in [0, 0.1) is 11.6 Å². The maximum Gasteiger partial charge on any atom is 0.233 e. The van der Waals surface area contributed by atoms with Crippen LogP contribution in [0.3, 0.4) is 0 Å². The Balaban J connectivity index is 1.65. The number of benzene rings is 3. The summed E-state index contributed by atoms with van der Waals surface area (Å²) >= 11 is 1.19. The highest BCUT2D eigenvalue weighted by atomic mass is 32.2. The molecule has 0 spiro atoms. The number of hydrogen-bond donors (Lipinski definition) is 0. The first kappa shape index (κ1) is 22.1. The highest BCUT2D eigenvalue weighted by Crippen LogP contribution is 2.41. The average Bonchev–Trinajstić information content (AvgIpc) is 2.83. The van der Waals surface area contributed by atoms with Crippen LogP contribution in [0.4, 0.5) is 8.78 Å². The van der Waals surface area contributed by atoms with Crippen molar-refractivity contribution in [2.24, 2.45) is 0 Å². The minimum Gasteiger partial charge on any atom is -0.493 e. The van der Waals surface area contributed by atoms with E-state index in [1.165, 1.54) is 17.8 Å². The lowest BCUT2D eigenvalue weighted by Crippen LogP contribution is -2.41. The second-order valence-corrected chi connectivity index (χ2v) is 8.47. The van der Waals surface area contributed by atoms with Gasteiger partial charge in [0.25, 0.3) is 0 Å². The summed E-state index contributed by atoms with van der Waals surface area (Å²) in [4.78, 5) is 15.6. The topological polar surface area (TPSA) is 38.8 Å². The number of carbonyl (C=O) groups is 1. The highest BCUT2D eigenvalue weighted by Gasteiger charge is 2.33. The number of carbonyl (C=O) groups excluding carboxylic acids is 1. The zero-order valence-corrected chi connectivity index (χ0v) is 18.6. The first-order valence-corrected chi connectivity index (χ1v) is 11.2. The molecule has 0 saturated heterocycles. The van der Waals surface area contributed by atoms with Gasteiger partial charge in [-0.05, 0) is 53.4 Å². The van der Waals surface area contributed by atoms with Crippen LogP contribution in [-0.4, -0.2) is 37.3 Å². The lowest BCUT2D eigenvalue weighted by Gasteiger charge is -2.38. The second-order valence-electron chi connectivity index (χ2n) is 7.42. The molecule has 0 N–H and O–H groups in total. The molecule has 0 aromatic heterocycles. The molecule has 0 saturated carbocycles. The van der Waals surface area contributed by atoms with E-state index in [1.54, 1.807) is 14.2 Å². The van der Waals surface area contributed by atoms with E-state index in [-0.39, 0.29) is 17.7 Å². The molecule has 1 aliphatic heterocycles. The molecular weight excluding hydrogens is 432 g/mol. The minimum absolute atomic E-state index is 0.0750. The molecule has 1 unspecified atom stereocenters. The fraction of sp³-hybridized carbons (Fsp3) is 0.240. The predicted molar refractivity (Wildman–Crippen MR) is 120 cm³/mol. The molecule has 166 valence electrons. The summed E-state index contributed by atoms with van der Waals surface area (Å²) in [5.74, 6) is -0.505. The lowest BCUT2D eigenvalue weighted by molar-refractivity contribution is -0.130. The Morgan fingerprint density at radius 2 is 1.72 bits per heavy atom. The molecular formula is C25H23F2NO3S. The summed E-state index contributed by atoms with van der Waals surface area (Å²) in [6, 6.07) is 17.1. The van der Waals surface area contributed by atoms with Crippen molar-refractivity contribution < 1.29 is 23.0 Å². The van der Waals surface area contributed by atoms with Crippen LogP contribution in [-0.2, 0) is 11.2 Å². The molecule has 32 heavy (non-hydrogen) atoms. The van der Waals surface area contributed by atoms with Crippen LogP contribution in [0.2, 0.25) is 0 Å². The number of thioether (sulfide) groups is 1. The van der Waals surface area contributed by atoms with Gasteiger partial charge in [0.05, 0.1) is 26.0 Å². The fourth-order valence-electron chi connectivity index (χ4n) is 4.00. The first-order chi connectivity index (χ1) is 15.5. The van der Waals surface area contributed by atoms with E-state index in [9.17, 15) is 13.6 Å². The van der Waals surface area contributed by atoms with Crippen molar-refractivity contribution in [2.75, 3.05) is 26.5 Å². The van der Waals surface area contributed by atoms with Crippen LogP contribution < -0.4 is 9.47 Å². The van der Waals surface area contributed by atoms with Crippen LogP contribution in [0.15, 0.2) is 65.6 Å². The summed E-state index contributed by atoms with van der Waals surface area (Å²) in [6.07, 6.45) is 0.681. The normalized spacial score (nSPS) is 15.2. The largest absolute Gasteiger partial charge is 0.493 e. The van der Waals surface area contributed by atoms with Gasteiger partial charge in [-0.25, -0.2) is 8.78 Å². The summed E-state index contributed by atoms with van der Waals surface area (Å²) in [5.41, 5.74) is 3.09. The van der Waals surface area contributed by atoms with Gasteiger partial charge in [-0.15, -0.1) is 11.8 Å². The zero-order valence-electron chi connectivity index (χ0n) is 17.8. The van der Waals surface area contributed by atoms with E-state index in [2.05, 4.69) is 0 Å². The van der Waals surface area contributed by atoms with Gasteiger partial charge >= 0.3 is 0 Å². The Labute approximate surface area is 190 Å². The SMILES string of the molecule is COc1cc2c(cc1OC)C(c1ccccc1)N(C(=O)CSc1ccc(F)c(F)c1)CC2. The smallest absolute Gasteiger partial charge is 0.233 e.